The van der Waals surface area contributed by atoms with Crippen LogP contribution >= 0.6 is 0 Å². The molecule has 7 heteroatoms. The van der Waals surface area contributed by atoms with Crippen LogP contribution in [0, 0.1) is 0 Å². The summed E-state index contributed by atoms with van der Waals surface area (Å²) in [6, 6.07) is 15.2. The maximum atomic E-state index is 11.2. The van der Waals surface area contributed by atoms with Crippen molar-refractivity contribution < 1.29 is 14.3 Å². The lowest BCUT2D eigenvalue weighted by Crippen LogP contribution is -2.54. The maximum absolute atomic E-state index is 11.2. The Bertz CT molecular complexity index is 957. The molecule has 3 heterocycles. The molecule has 0 radical (unpaired) electrons. The standard InChI is InChI=1S/C26H34N4O3/c1-20(31)27-23-7-4-21(5-8-23)16-29-10-2-3-24(18-29)30-13-11-28(12-14-30)17-22-6-9-25-26(15-22)33-19-32-25/h4-9,15,24H,2-3,10-14,16-19H2,1H3,(H,27,31). The smallest absolute Gasteiger partial charge is 0.231 e. The summed E-state index contributed by atoms with van der Waals surface area (Å²) in [5.41, 5.74) is 3.46. The van der Waals surface area contributed by atoms with Crippen molar-refractivity contribution in [2.45, 2.75) is 38.9 Å². The molecule has 7 nitrogen and oxygen atoms in total. The molecule has 2 saturated heterocycles. The molecule has 0 aromatic heterocycles. The molecule has 0 saturated carbocycles. The van der Waals surface area contributed by atoms with Crippen LogP contribution in [-0.2, 0) is 17.9 Å². The van der Waals surface area contributed by atoms with Gasteiger partial charge in [-0.15, -0.1) is 0 Å². The monoisotopic (exact) mass is 450 g/mol. The summed E-state index contributed by atoms with van der Waals surface area (Å²) >= 11 is 0. The lowest BCUT2D eigenvalue weighted by Gasteiger charge is -2.43. The summed E-state index contributed by atoms with van der Waals surface area (Å²) in [6.07, 6.45) is 2.55. The highest BCUT2D eigenvalue weighted by Gasteiger charge is 2.28. The fraction of sp³-hybridized carbons (Fsp3) is 0.500. The Morgan fingerprint density at radius 1 is 0.909 bits per heavy atom. The minimum atomic E-state index is -0.0300. The first-order chi connectivity index (χ1) is 16.1. The molecule has 0 spiro atoms. The molecule has 2 aromatic carbocycles. The van der Waals surface area contributed by atoms with Crippen LogP contribution in [-0.4, -0.2) is 72.7 Å². The molecule has 1 N–H and O–H groups in total. The number of carbonyl (C=O) groups excluding carboxylic acids is 1. The Morgan fingerprint density at radius 3 is 2.42 bits per heavy atom. The van der Waals surface area contributed by atoms with Gasteiger partial charge in [0.25, 0.3) is 0 Å². The number of piperidine rings is 1. The second kappa shape index (κ2) is 10.1. The Morgan fingerprint density at radius 2 is 1.64 bits per heavy atom. The van der Waals surface area contributed by atoms with Crippen molar-refractivity contribution in [1.82, 2.24) is 14.7 Å². The number of likely N-dealkylation sites (tertiary alicyclic amines) is 1. The molecule has 3 aliphatic heterocycles. The van der Waals surface area contributed by atoms with Crippen LogP contribution in [0.1, 0.15) is 30.9 Å². The Kier molecular flexibility index (Phi) is 6.80. The van der Waals surface area contributed by atoms with Gasteiger partial charge in [-0.05, 0) is 54.8 Å². The quantitative estimate of drug-likeness (QED) is 0.730. The largest absolute Gasteiger partial charge is 0.454 e. The van der Waals surface area contributed by atoms with E-state index in [1.54, 1.807) is 6.92 Å². The summed E-state index contributed by atoms with van der Waals surface area (Å²) in [5, 5.41) is 2.84. The fourth-order valence-corrected chi connectivity index (χ4v) is 5.21. The SMILES string of the molecule is CC(=O)Nc1ccc(CN2CCCC(N3CCN(Cc4ccc5c(c4)OCO5)CC3)C2)cc1. The highest BCUT2D eigenvalue weighted by atomic mass is 16.7. The van der Waals surface area contributed by atoms with Crippen LogP contribution in [0.5, 0.6) is 11.5 Å². The van der Waals surface area contributed by atoms with Gasteiger partial charge < -0.3 is 14.8 Å². The van der Waals surface area contributed by atoms with E-state index in [4.69, 9.17) is 9.47 Å². The third kappa shape index (κ3) is 5.66. The zero-order chi connectivity index (χ0) is 22.6. The van der Waals surface area contributed by atoms with Crippen LogP contribution in [0.25, 0.3) is 0 Å². The van der Waals surface area contributed by atoms with E-state index >= 15 is 0 Å². The number of fused-ring (bicyclic) bond motifs is 1. The molecule has 1 unspecified atom stereocenters. The number of benzene rings is 2. The molecule has 1 atom stereocenters. The summed E-state index contributed by atoms with van der Waals surface area (Å²) in [7, 11) is 0. The van der Waals surface area contributed by atoms with E-state index in [1.807, 2.05) is 18.2 Å². The third-order valence-electron chi connectivity index (χ3n) is 6.93. The molecule has 0 bridgehead atoms. The first-order valence-corrected chi connectivity index (χ1v) is 12.1. The molecule has 33 heavy (non-hydrogen) atoms. The molecule has 2 aromatic rings. The summed E-state index contributed by atoms with van der Waals surface area (Å²) in [6.45, 7) is 10.6. The van der Waals surface area contributed by atoms with E-state index in [9.17, 15) is 4.79 Å². The van der Waals surface area contributed by atoms with Crippen LogP contribution < -0.4 is 14.8 Å². The average Bonchev–Trinajstić information content (AvgIpc) is 3.29. The lowest BCUT2D eigenvalue weighted by molar-refractivity contribution is -0.114. The highest BCUT2D eigenvalue weighted by molar-refractivity contribution is 5.88. The van der Waals surface area contributed by atoms with Crippen LogP contribution in [0.3, 0.4) is 0 Å². The number of rotatable bonds is 6. The van der Waals surface area contributed by atoms with E-state index in [0.717, 1.165) is 69.5 Å². The third-order valence-corrected chi connectivity index (χ3v) is 6.93. The number of nitrogens with one attached hydrogen (secondary N) is 1. The number of hydrogen-bond acceptors (Lipinski definition) is 6. The molecule has 2 fully saturated rings. The topological polar surface area (TPSA) is 57.3 Å². The van der Waals surface area contributed by atoms with Crippen molar-refractivity contribution in [2.24, 2.45) is 0 Å². The molecule has 0 aliphatic carbocycles. The van der Waals surface area contributed by atoms with Gasteiger partial charge >= 0.3 is 0 Å². The Hall–Kier alpha value is -2.61. The van der Waals surface area contributed by atoms with Gasteiger partial charge in [-0.25, -0.2) is 0 Å². The van der Waals surface area contributed by atoms with Crippen LogP contribution in [0.4, 0.5) is 5.69 Å². The lowest BCUT2D eigenvalue weighted by atomic mass is 10.0. The van der Waals surface area contributed by atoms with Gasteiger partial charge in [0.2, 0.25) is 12.7 Å². The highest BCUT2D eigenvalue weighted by Crippen LogP contribution is 2.33. The number of hydrogen-bond donors (Lipinski definition) is 1. The number of anilines is 1. The number of piperazine rings is 1. The van der Waals surface area contributed by atoms with Gasteiger partial charge in [-0.3, -0.25) is 19.5 Å². The van der Waals surface area contributed by atoms with Gasteiger partial charge in [0.15, 0.2) is 11.5 Å². The molecule has 5 rings (SSSR count). The van der Waals surface area contributed by atoms with E-state index in [-0.39, 0.29) is 5.91 Å². The zero-order valence-electron chi connectivity index (χ0n) is 19.5. The van der Waals surface area contributed by atoms with Gasteiger partial charge in [-0.2, -0.15) is 0 Å². The predicted molar refractivity (Wildman–Crippen MR) is 128 cm³/mol. The molecule has 1 amide bonds. The number of ether oxygens (including phenoxy) is 2. The molecular weight excluding hydrogens is 416 g/mol. The fourth-order valence-electron chi connectivity index (χ4n) is 5.21. The van der Waals surface area contributed by atoms with Crippen LogP contribution in [0.15, 0.2) is 42.5 Å². The maximum Gasteiger partial charge on any atom is 0.231 e. The van der Waals surface area contributed by atoms with Crippen molar-refractivity contribution >= 4 is 11.6 Å². The second-order valence-corrected chi connectivity index (χ2v) is 9.41. The van der Waals surface area contributed by atoms with Crippen molar-refractivity contribution in [3.63, 3.8) is 0 Å². The predicted octanol–water partition coefficient (Wildman–Crippen LogP) is 3.16. The normalized spacial score (nSPS) is 21.8. The minimum Gasteiger partial charge on any atom is -0.454 e. The molecule has 3 aliphatic rings. The van der Waals surface area contributed by atoms with Crippen molar-refractivity contribution in [3.8, 4) is 11.5 Å². The summed E-state index contributed by atoms with van der Waals surface area (Å²) in [4.78, 5) is 19.0. The Balaban J connectivity index is 1.09. The first-order valence-electron chi connectivity index (χ1n) is 12.1. The van der Waals surface area contributed by atoms with E-state index < -0.39 is 0 Å². The van der Waals surface area contributed by atoms with Gasteiger partial charge in [-0.1, -0.05) is 18.2 Å². The van der Waals surface area contributed by atoms with Crippen LogP contribution in [0.2, 0.25) is 0 Å². The van der Waals surface area contributed by atoms with Gasteiger partial charge in [0, 0.05) is 64.5 Å². The van der Waals surface area contributed by atoms with Crippen molar-refractivity contribution in [2.75, 3.05) is 51.4 Å². The number of carbonyl (C=O) groups is 1. The molecular formula is C26H34N4O3. The first kappa shape index (κ1) is 22.2. The second-order valence-electron chi connectivity index (χ2n) is 9.41. The van der Waals surface area contributed by atoms with Gasteiger partial charge in [0.1, 0.15) is 0 Å². The van der Waals surface area contributed by atoms with E-state index in [1.165, 1.54) is 24.0 Å². The van der Waals surface area contributed by atoms with E-state index in [2.05, 4.69) is 44.3 Å². The Labute approximate surface area is 196 Å². The van der Waals surface area contributed by atoms with Crippen molar-refractivity contribution in [3.05, 3.63) is 53.6 Å². The molecule has 176 valence electrons. The summed E-state index contributed by atoms with van der Waals surface area (Å²) in [5.74, 6) is 1.70. The number of nitrogens with zero attached hydrogens (tertiary/aromatic N) is 3. The van der Waals surface area contributed by atoms with Gasteiger partial charge in [0.05, 0.1) is 0 Å². The summed E-state index contributed by atoms with van der Waals surface area (Å²) < 4.78 is 11.0. The minimum absolute atomic E-state index is 0.0300. The number of amides is 1. The average molecular weight is 451 g/mol. The zero-order valence-corrected chi connectivity index (χ0v) is 19.5. The van der Waals surface area contributed by atoms with E-state index in [0.29, 0.717) is 12.8 Å². The van der Waals surface area contributed by atoms with Crippen molar-refractivity contribution in [1.29, 1.82) is 0 Å².